The number of rotatable bonds is 4. The Hall–Kier alpha value is -0.380. The van der Waals surface area contributed by atoms with Crippen LogP contribution in [0.25, 0.3) is 0 Å². The first-order valence-corrected chi connectivity index (χ1v) is 7.05. The molecule has 0 spiro atoms. The van der Waals surface area contributed by atoms with Gasteiger partial charge in [0.1, 0.15) is 0 Å². The first-order chi connectivity index (χ1) is 7.68. The lowest BCUT2D eigenvalue weighted by atomic mass is 9.82. The van der Waals surface area contributed by atoms with Crippen molar-refractivity contribution in [1.29, 1.82) is 0 Å². The topological polar surface area (TPSA) is 38.0 Å². The Morgan fingerprint density at radius 1 is 1.31 bits per heavy atom. The second-order valence-electron chi connectivity index (χ2n) is 5.04. The van der Waals surface area contributed by atoms with Crippen molar-refractivity contribution in [2.24, 2.45) is 5.73 Å². The highest BCUT2D eigenvalue weighted by Gasteiger charge is 2.26. The lowest BCUT2D eigenvalue weighted by Gasteiger charge is -2.33. The van der Waals surface area contributed by atoms with Crippen LogP contribution in [0.2, 0.25) is 0 Å². The molecule has 1 aliphatic rings. The fraction of sp³-hybridized carbons (Fsp3) is 0.692. The van der Waals surface area contributed by atoms with Gasteiger partial charge in [-0.3, -0.25) is 0 Å². The van der Waals surface area contributed by atoms with Crippen LogP contribution in [0.15, 0.2) is 12.1 Å². The zero-order valence-corrected chi connectivity index (χ0v) is 10.9. The summed E-state index contributed by atoms with van der Waals surface area (Å²) in [5, 5.41) is 3.51. The Morgan fingerprint density at radius 2 is 2.06 bits per heavy atom. The smallest absolute Gasteiger partial charge is 0.0300 e. The lowest BCUT2D eigenvalue weighted by Crippen LogP contribution is -2.49. The molecule has 1 aliphatic carbocycles. The Morgan fingerprint density at radius 3 is 2.69 bits per heavy atom. The molecule has 0 aliphatic heterocycles. The maximum absolute atomic E-state index is 6.37. The summed E-state index contributed by atoms with van der Waals surface area (Å²) in [5.41, 5.74) is 6.43. The standard InChI is InChI=1S/C13H22N2S/c1-11-5-6-12(16-11)9-15-10-13(14)7-3-2-4-8-13/h5-6,15H,2-4,7-10,14H2,1H3. The van der Waals surface area contributed by atoms with E-state index in [1.807, 2.05) is 11.3 Å². The van der Waals surface area contributed by atoms with Crippen molar-refractivity contribution in [3.63, 3.8) is 0 Å². The van der Waals surface area contributed by atoms with E-state index in [9.17, 15) is 0 Å². The second kappa shape index (κ2) is 5.30. The predicted molar refractivity (Wildman–Crippen MR) is 70.8 cm³/mol. The largest absolute Gasteiger partial charge is 0.324 e. The molecule has 3 N–H and O–H groups in total. The summed E-state index contributed by atoms with van der Waals surface area (Å²) in [6.07, 6.45) is 6.34. The van der Waals surface area contributed by atoms with Gasteiger partial charge in [0.2, 0.25) is 0 Å². The second-order valence-corrected chi connectivity index (χ2v) is 6.41. The third kappa shape index (κ3) is 3.30. The van der Waals surface area contributed by atoms with Crippen molar-refractivity contribution >= 4 is 11.3 Å². The summed E-state index contributed by atoms with van der Waals surface area (Å²) in [6, 6.07) is 4.39. The number of hydrogen-bond donors (Lipinski definition) is 2. The normalized spacial score (nSPS) is 19.9. The number of aryl methyl sites for hydroxylation is 1. The molecular formula is C13H22N2S. The van der Waals surface area contributed by atoms with Gasteiger partial charge in [0.05, 0.1) is 0 Å². The maximum Gasteiger partial charge on any atom is 0.0300 e. The Balaban J connectivity index is 1.74. The first-order valence-electron chi connectivity index (χ1n) is 6.23. The van der Waals surface area contributed by atoms with Crippen LogP contribution in [-0.4, -0.2) is 12.1 Å². The van der Waals surface area contributed by atoms with Crippen LogP contribution in [-0.2, 0) is 6.54 Å². The van der Waals surface area contributed by atoms with Crippen LogP contribution >= 0.6 is 11.3 Å². The summed E-state index contributed by atoms with van der Waals surface area (Å²) >= 11 is 1.87. The van der Waals surface area contributed by atoms with Crippen LogP contribution in [0.1, 0.15) is 41.9 Å². The van der Waals surface area contributed by atoms with Crippen molar-refractivity contribution in [3.05, 3.63) is 21.9 Å². The van der Waals surface area contributed by atoms with Crippen molar-refractivity contribution in [1.82, 2.24) is 5.32 Å². The van der Waals surface area contributed by atoms with Crippen molar-refractivity contribution in [2.45, 2.75) is 51.1 Å². The number of hydrogen-bond acceptors (Lipinski definition) is 3. The maximum atomic E-state index is 6.37. The number of nitrogens with two attached hydrogens (primary N) is 1. The van der Waals surface area contributed by atoms with Crippen LogP contribution in [0.4, 0.5) is 0 Å². The molecule has 0 radical (unpaired) electrons. The van der Waals surface area contributed by atoms with Gasteiger partial charge in [0, 0.05) is 28.4 Å². The minimum atomic E-state index is 0.0601. The van der Waals surface area contributed by atoms with Gasteiger partial charge in [-0.25, -0.2) is 0 Å². The molecule has 2 nitrogen and oxygen atoms in total. The molecule has 1 aromatic heterocycles. The predicted octanol–water partition coefficient (Wildman–Crippen LogP) is 2.81. The van der Waals surface area contributed by atoms with E-state index in [2.05, 4.69) is 24.4 Å². The average molecular weight is 238 g/mol. The quantitative estimate of drug-likeness (QED) is 0.846. The minimum absolute atomic E-state index is 0.0601. The summed E-state index contributed by atoms with van der Waals surface area (Å²) in [6.45, 7) is 4.08. The van der Waals surface area contributed by atoms with E-state index in [1.54, 1.807) is 0 Å². The molecule has 0 bridgehead atoms. The van der Waals surface area contributed by atoms with E-state index in [4.69, 9.17) is 5.73 Å². The molecule has 0 amide bonds. The molecule has 1 fully saturated rings. The van der Waals surface area contributed by atoms with Gasteiger partial charge in [-0.1, -0.05) is 19.3 Å². The first kappa shape index (κ1) is 12.1. The van der Waals surface area contributed by atoms with Crippen molar-refractivity contribution in [3.8, 4) is 0 Å². The molecule has 0 saturated heterocycles. The Bertz CT molecular complexity index is 326. The molecule has 0 aromatic carbocycles. The number of nitrogens with one attached hydrogen (secondary N) is 1. The van der Waals surface area contributed by atoms with Gasteiger partial charge in [0.15, 0.2) is 0 Å². The average Bonchev–Trinajstić information content (AvgIpc) is 2.65. The van der Waals surface area contributed by atoms with Crippen LogP contribution < -0.4 is 11.1 Å². The van der Waals surface area contributed by atoms with Crippen molar-refractivity contribution < 1.29 is 0 Å². The molecule has 1 aromatic rings. The van der Waals surface area contributed by atoms with Gasteiger partial charge in [-0.2, -0.15) is 0 Å². The van der Waals surface area contributed by atoms with E-state index >= 15 is 0 Å². The zero-order chi connectivity index (χ0) is 11.4. The Labute approximate surface area is 102 Å². The van der Waals surface area contributed by atoms with Gasteiger partial charge >= 0.3 is 0 Å². The molecule has 1 heterocycles. The summed E-state index contributed by atoms with van der Waals surface area (Å²) in [4.78, 5) is 2.80. The third-order valence-electron chi connectivity index (χ3n) is 3.42. The highest BCUT2D eigenvalue weighted by molar-refractivity contribution is 7.11. The molecule has 3 heteroatoms. The molecule has 90 valence electrons. The Kier molecular flexibility index (Phi) is 4.00. The fourth-order valence-corrected chi connectivity index (χ4v) is 3.31. The van der Waals surface area contributed by atoms with E-state index in [0.717, 1.165) is 13.1 Å². The summed E-state index contributed by atoms with van der Waals surface area (Å²) in [7, 11) is 0. The van der Waals surface area contributed by atoms with E-state index in [0.29, 0.717) is 0 Å². The van der Waals surface area contributed by atoms with Gasteiger partial charge in [0.25, 0.3) is 0 Å². The highest BCUT2D eigenvalue weighted by Crippen LogP contribution is 2.25. The minimum Gasteiger partial charge on any atom is -0.324 e. The van der Waals surface area contributed by atoms with Crippen LogP contribution in [0.3, 0.4) is 0 Å². The molecular weight excluding hydrogens is 216 g/mol. The van der Waals surface area contributed by atoms with Gasteiger partial charge < -0.3 is 11.1 Å². The van der Waals surface area contributed by atoms with Crippen LogP contribution in [0, 0.1) is 6.92 Å². The molecule has 0 unspecified atom stereocenters. The number of thiophene rings is 1. The van der Waals surface area contributed by atoms with E-state index in [-0.39, 0.29) is 5.54 Å². The monoisotopic (exact) mass is 238 g/mol. The summed E-state index contributed by atoms with van der Waals surface area (Å²) < 4.78 is 0. The molecule has 2 rings (SSSR count). The summed E-state index contributed by atoms with van der Waals surface area (Å²) in [5.74, 6) is 0. The SMILES string of the molecule is Cc1ccc(CNCC2(N)CCCCC2)s1. The molecule has 16 heavy (non-hydrogen) atoms. The van der Waals surface area contributed by atoms with Gasteiger partial charge in [-0.05, 0) is 31.9 Å². The van der Waals surface area contributed by atoms with Crippen molar-refractivity contribution in [2.75, 3.05) is 6.54 Å². The fourth-order valence-electron chi connectivity index (χ4n) is 2.45. The lowest BCUT2D eigenvalue weighted by molar-refractivity contribution is 0.283. The molecule has 1 saturated carbocycles. The third-order valence-corrected chi connectivity index (χ3v) is 4.42. The van der Waals surface area contributed by atoms with Crippen LogP contribution in [0.5, 0.6) is 0 Å². The molecule has 0 atom stereocenters. The van der Waals surface area contributed by atoms with Gasteiger partial charge in [-0.15, -0.1) is 11.3 Å². The van der Waals surface area contributed by atoms with E-state index in [1.165, 1.54) is 41.9 Å². The highest BCUT2D eigenvalue weighted by atomic mass is 32.1. The van der Waals surface area contributed by atoms with E-state index < -0.39 is 0 Å². The zero-order valence-electron chi connectivity index (χ0n) is 10.1.